The molecule has 0 aliphatic rings. The Morgan fingerprint density at radius 1 is 1.07 bits per heavy atom. The van der Waals surface area contributed by atoms with Crippen molar-refractivity contribution in [3.05, 3.63) is 53.6 Å². The van der Waals surface area contributed by atoms with Crippen molar-refractivity contribution in [2.24, 2.45) is 0 Å². The molecule has 2 aromatic rings. The third-order valence-electron chi connectivity index (χ3n) is 5.82. The highest BCUT2D eigenvalue weighted by Crippen LogP contribution is 2.45. The predicted molar refractivity (Wildman–Crippen MR) is 124 cm³/mol. The summed E-state index contributed by atoms with van der Waals surface area (Å²) in [7, 11) is 1.62. The van der Waals surface area contributed by atoms with Crippen LogP contribution in [0.1, 0.15) is 76.5 Å². The number of hydrogen-bond donors (Lipinski definition) is 2. The lowest BCUT2D eigenvalue weighted by molar-refractivity contribution is -0.137. The predicted octanol–water partition coefficient (Wildman–Crippen LogP) is 6.99. The fourth-order valence-corrected chi connectivity index (χ4v) is 3.89. The van der Waals surface area contributed by atoms with E-state index in [1.165, 1.54) is 19.3 Å². The highest BCUT2D eigenvalue weighted by molar-refractivity contribution is 5.87. The van der Waals surface area contributed by atoms with Crippen LogP contribution >= 0.6 is 0 Å². The van der Waals surface area contributed by atoms with Crippen molar-refractivity contribution in [1.29, 1.82) is 0 Å². The second-order valence-corrected chi connectivity index (χ2v) is 8.66. The average molecular weight is 413 g/mol. The lowest BCUT2D eigenvalue weighted by Gasteiger charge is -2.27. The number of aliphatic hydroxyl groups excluding tert-OH is 1. The van der Waals surface area contributed by atoms with Gasteiger partial charge in [0, 0.05) is 0 Å². The zero-order valence-electron chi connectivity index (χ0n) is 19.0. The van der Waals surface area contributed by atoms with Gasteiger partial charge in [0.1, 0.15) is 5.75 Å². The number of rotatable bonds is 11. The highest BCUT2D eigenvalue weighted by atomic mass is 17.1. The summed E-state index contributed by atoms with van der Waals surface area (Å²) >= 11 is 0. The minimum absolute atomic E-state index is 0.0794. The minimum Gasteiger partial charge on any atom is -0.496 e. The van der Waals surface area contributed by atoms with Crippen LogP contribution in [-0.2, 0) is 12.0 Å². The number of ether oxygens (including phenoxy) is 1. The van der Waals surface area contributed by atoms with Gasteiger partial charge >= 0.3 is 0 Å². The van der Waals surface area contributed by atoms with Gasteiger partial charge in [0.25, 0.3) is 0 Å². The maximum atomic E-state index is 9.76. The molecule has 2 rings (SSSR count). The number of aliphatic hydroxyl groups is 1. The standard InChI is InChI=1S/C26H36O4/c1-7-8-9-10-13-26(4,5)20-15-23(29-6)25(24(16-20)30-28)22-14-19(17-27)11-12-21(22)18(2)3/h11-12,14-16,27-28H,2,7-10,13,17H2,1,3-6H3. The molecule has 0 amide bonds. The van der Waals surface area contributed by atoms with Gasteiger partial charge in [-0.3, -0.25) is 0 Å². The number of unbranched alkanes of at least 4 members (excludes halogenated alkanes) is 3. The van der Waals surface area contributed by atoms with E-state index in [0.29, 0.717) is 17.1 Å². The lowest BCUT2D eigenvalue weighted by Crippen LogP contribution is -2.17. The van der Waals surface area contributed by atoms with Crippen LogP contribution in [0, 0.1) is 0 Å². The molecule has 0 fully saturated rings. The molecule has 0 heterocycles. The van der Waals surface area contributed by atoms with Crippen molar-refractivity contribution in [2.45, 2.75) is 71.8 Å². The SMILES string of the molecule is C=C(C)c1ccc(CO)cc1-c1c(OC)cc(C(C)(C)CCCCCC)cc1OO. The molecule has 2 aromatic carbocycles. The van der Waals surface area contributed by atoms with Gasteiger partial charge in [-0.1, -0.05) is 70.7 Å². The first kappa shape index (κ1) is 24.0. The van der Waals surface area contributed by atoms with Gasteiger partial charge in [0.05, 0.1) is 19.3 Å². The topological polar surface area (TPSA) is 58.9 Å². The van der Waals surface area contributed by atoms with Crippen molar-refractivity contribution >= 4 is 5.57 Å². The Morgan fingerprint density at radius 2 is 1.77 bits per heavy atom. The van der Waals surface area contributed by atoms with E-state index >= 15 is 0 Å². The molecule has 0 aliphatic heterocycles. The molecule has 30 heavy (non-hydrogen) atoms. The summed E-state index contributed by atoms with van der Waals surface area (Å²) in [5.41, 5.74) is 4.98. The lowest BCUT2D eigenvalue weighted by atomic mass is 9.78. The zero-order chi connectivity index (χ0) is 22.3. The summed E-state index contributed by atoms with van der Waals surface area (Å²) in [6.45, 7) is 12.6. The molecule has 0 atom stereocenters. The van der Waals surface area contributed by atoms with Crippen LogP contribution in [0.25, 0.3) is 16.7 Å². The molecular formula is C26H36O4. The van der Waals surface area contributed by atoms with E-state index < -0.39 is 0 Å². The van der Waals surface area contributed by atoms with Gasteiger partial charge in [-0.2, -0.15) is 0 Å². The van der Waals surface area contributed by atoms with E-state index in [1.54, 1.807) is 7.11 Å². The molecule has 2 N–H and O–H groups in total. The molecule has 0 unspecified atom stereocenters. The van der Waals surface area contributed by atoms with E-state index in [0.717, 1.165) is 40.7 Å². The first-order chi connectivity index (χ1) is 14.3. The molecule has 0 bridgehead atoms. The Kier molecular flexibility index (Phi) is 8.51. The number of allylic oxidation sites excluding steroid dienone is 1. The quantitative estimate of drug-likeness (QED) is 0.237. The van der Waals surface area contributed by atoms with Crippen LogP contribution in [0.2, 0.25) is 0 Å². The molecule has 164 valence electrons. The highest BCUT2D eigenvalue weighted by Gasteiger charge is 2.26. The molecular weight excluding hydrogens is 376 g/mol. The van der Waals surface area contributed by atoms with Gasteiger partial charge < -0.3 is 14.7 Å². The normalized spacial score (nSPS) is 11.4. The van der Waals surface area contributed by atoms with Gasteiger partial charge in [0.15, 0.2) is 5.75 Å². The number of methoxy groups -OCH3 is 1. The maximum absolute atomic E-state index is 9.76. The van der Waals surface area contributed by atoms with Crippen molar-refractivity contribution in [3.8, 4) is 22.6 Å². The molecule has 0 aromatic heterocycles. The van der Waals surface area contributed by atoms with Crippen LogP contribution in [0.4, 0.5) is 0 Å². The Balaban J connectivity index is 2.60. The first-order valence-corrected chi connectivity index (χ1v) is 10.7. The Morgan fingerprint density at radius 3 is 2.33 bits per heavy atom. The average Bonchev–Trinajstić information content (AvgIpc) is 2.75. The third kappa shape index (κ3) is 5.44. The van der Waals surface area contributed by atoms with Crippen LogP contribution in [0.15, 0.2) is 36.9 Å². The molecule has 4 nitrogen and oxygen atoms in total. The fourth-order valence-electron chi connectivity index (χ4n) is 3.89. The summed E-state index contributed by atoms with van der Waals surface area (Å²) in [5, 5.41) is 19.4. The van der Waals surface area contributed by atoms with Gasteiger partial charge in [-0.15, -0.1) is 0 Å². The molecule has 4 heteroatoms. The van der Waals surface area contributed by atoms with E-state index in [9.17, 15) is 10.4 Å². The van der Waals surface area contributed by atoms with Gasteiger partial charge in [0.2, 0.25) is 0 Å². The molecule has 0 aliphatic carbocycles. The summed E-state index contributed by atoms with van der Waals surface area (Å²) < 4.78 is 5.75. The summed E-state index contributed by atoms with van der Waals surface area (Å²) in [4.78, 5) is 4.86. The molecule has 0 saturated heterocycles. The second kappa shape index (κ2) is 10.6. The largest absolute Gasteiger partial charge is 0.496 e. The second-order valence-electron chi connectivity index (χ2n) is 8.66. The Bertz CT molecular complexity index is 842. The summed E-state index contributed by atoms with van der Waals surface area (Å²) in [5.74, 6) is 0.958. The van der Waals surface area contributed by atoms with Crippen molar-refractivity contribution < 1.29 is 20.0 Å². The third-order valence-corrected chi connectivity index (χ3v) is 5.82. The molecule has 0 radical (unpaired) electrons. The van der Waals surface area contributed by atoms with E-state index in [1.807, 2.05) is 37.3 Å². The zero-order valence-corrected chi connectivity index (χ0v) is 19.0. The van der Waals surface area contributed by atoms with E-state index in [2.05, 4.69) is 27.4 Å². The van der Waals surface area contributed by atoms with Crippen LogP contribution < -0.4 is 9.62 Å². The van der Waals surface area contributed by atoms with Crippen LogP contribution in [0.5, 0.6) is 11.5 Å². The number of benzene rings is 2. The number of hydrogen-bond acceptors (Lipinski definition) is 4. The van der Waals surface area contributed by atoms with Crippen molar-refractivity contribution in [2.75, 3.05) is 7.11 Å². The van der Waals surface area contributed by atoms with Crippen LogP contribution in [0.3, 0.4) is 0 Å². The van der Waals surface area contributed by atoms with Gasteiger partial charge in [-0.05, 0) is 59.2 Å². The Hall–Kier alpha value is -2.30. The van der Waals surface area contributed by atoms with E-state index in [-0.39, 0.29) is 12.0 Å². The minimum atomic E-state index is -0.0863. The van der Waals surface area contributed by atoms with Crippen molar-refractivity contribution in [1.82, 2.24) is 0 Å². The summed E-state index contributed by atoms with van der Waals surface area (Å²) in [6.07, 6.45) is 5.86. The Labute approximate surface area is 181 Å². The van der Waals surface area contributed by atoms with Crippen LogP contribution in [-0.4, -0.2) is 17.5 Å². The molecule has 0 saturated carbocycles. The fraction of sp³-hybridized carbons (Fsp3) is 0.462. The van der Waals surface area contributed by atoms with Gasteiger partial charge in [-0.25, -0.2) is 5.26 Å². The summed E-state index contributed by atoms with van der Waals surface area (Å²) in [6, 6.07) is 9.61. The maximum Gasteiger partial charge on any atom is 0.176 e. The first-order valence-electron chi connectivity index (χ1n) is 10.7. The smallest absolute Gasteiger partial charge is 0.176 e. The molecule has 0 spiro atoms. The van der Waals surface area contributed by atoms with Crippen molar-refractivity contribution in [3.63, 3.8) is 0 Å². The monoisotopic (exact) mass is 412 g/mol. The van der Waals surface area contributed by atoms with E-state index in [4.69, 9.17) is 9.62 Å².